The zero-order chi connectivity index (χ0) is 13.0. The van der Waals surface area contributed by atoms with E-state index in [4.69, 9.17) is 10.8 Å². The third-order valence-corrected chi connectivity index (χ3v) is 2.71. The summed E-state index contributed by atoms with van der Waals surface area (Å²) in [6.07, 6.45) is 1.94. The fourth-order valence-electron chi connectivity index (χ4n) is 1.93. The highest BCUT2D eigenvalue weighted by Crippen LogP contribution is 2.24. The maximum atomic E-state index is 11.6. The third-order valence-electron chi connectivity index (χ3n) is 2.71. The number of carbonyl (C=O) groups is 1. The summed E-state index contributed by atoms with van der Waals surface area (Å²) in [5, 5.41) is 9.00. The summed E-state index contributed by atoms with van der Waals surface area (Å²) < 4.78 is 0. The Balaban J connectivity index is 2.60. The van der Waals surface area contributed by atoms with Crippen molar-refractivity contribution in [3.05, 3.63) is 53.9 Å². The van der Waals surface area contributed by atoms with Crippen LogP contribution in [0.2, 0.25) is 0 Å². The fraction of sp³-hybridized carbons (Fsp3) is 0.143. The van der Waals surface area contributed by atoms with E-state index in [1.165, 1.54) is 0 Å². The van der Waals surface area contributed by atoms with Crippen molar-refractivity contribution < 1.29 is 9.90 Å². The third kappa shape index (κ3) is 2.38. The van der Waals surface area contributed by atoms with Crippen molar-refractivity contribution in [1.29, 1.82) is 0 Å². The second-order valence-electron chi connectivity index (χ2n) is 3.88. The first kappa shape index (κ1) is 12.3. The lowest BCUT2D eigenvalue weighted by atomic mass is 9.97. The SMILES string of the molecule is NC(=O)c1c(-c2ccccc2)ccnc1CCO. The molecule has 3 N–H and O–H groups in total. The van der Waals surface area contributed by atoms with Gasteiger partial charge in [-0.25, -0.2) is 0 Å². The lowest BCUT2D eigenvalue weighted by Gasteiger charge is -2.10. The first-order valence-electron chi connectivity index (χ1n) is 5.68. The lowest BCUT2D eigenvalue weighted by Crippen LogP contribution is -2.17. The predicted octanol–water partition coefficient (Wildman–Crippen LogP) is 1.38. The predicted molar refractivity (Wildman–Crippen MR) is 69.0 cm³/mol. The molecule has 18 heavy (non-hydrogen) atoms. The maximum Gasteiger partial charge on any atom is 0.251 e. The van der Waals surface area contributed by atoms with Crippen LogP contribution in [0.15, 0.2) is 42.6 Å². The summed E-state index contributed by atoms with van der Waals surface area (Å²) in [6, 6.07) is 11.3. The van der Waals surface area contributed by atoms with Gasteiger partial charge in [-0.05, 0) is 17.2 Å². The van der Waals surface area contributed by atoms with E-state index >= 15 is 0 Å². The van der Waals surface area contributed by atoms with Gasteiger partial charge in [0.25, 0.3) is 5.91 Å². The van der Waals surface area contributed by atoms with Crippen molar-refractivity contribution in [1.82, 2.24) is 4.98 Å². The summed E-state index contributed by atoms with van der Waals surface area (Å²) in [6.45, 7) is -0.0640. The van der Waals surface area contributed by atoms with Crippen LogP contribution in [0, 0.1) is 0 Å². The van der Waals surface area contributed by atoms with E-state index < -0.39 is 5.91 Å². The van der Waals surface area contributed by atoms with E-state index in [2.05, 4.69) is 4.98 Å². The molecule has 0 saturated carbocycles. The van der Waals surface area contributed by atoms with Crippen LogP contribution in [-0.2, 0) is 6.42 Å². The van der Waals surface area contributed by atoms with Crippen molar-refractivity contribution in [3.63, 3.8) is 0 Å². The molecule has 0 atom stereocenters. The van der Waals surface area contributed by atoms with Crippen molar-refractivity contribution in [2.45, 2.75) is 6.42 Å². The van der Waals surface area contributed by atoms with Crippen molar-refractivity contribution in [2.24, 2.45) is 5.73 Å². The Bertz CT molecular complexity index is 553. The summed E-state index contributed by atoms with van der Waals surface area (Å²) in [5.41, 5.74) is 8.00. The molecular formula is C14H14N2O2. The lowest BCUT2D eigenvalue weighted by molar-refractivity contribution is 0.0999. The number of amides is 1. The Morgan fingerprint density at radius 3 is 2.56 bits per heavy atom. The van der Waals surface area contributed by atoms with E-state index in [1.807, 2.05) is 30.3 Å². The van der Waals surface area contributed by atoms with Gasteiger partial charge in [-0.2, -0.15) is 0 Å². The molecule has 1 amide bonds. The number of hydrogen-bond donors (Lipinski definition) is 2. The van der Waals surface area contributed by atoms with Gasteiger partial charge in [0, 0.05) is 19.2 Å². The van der Waals surface area contributed by atoms with Crippen molar-refractivity contribution in [3.8, 4) is 11.1 Å². The highest BCUT2D eigenvalue weighted by atomic mass is 16.3. The summed E-state index contributed by atoms with van der Waals surface area (Å²) in [5.74, 6) is -0.523. The van der Waals surface area contributed by atoms with Crippen LogP contribution in [0.1, 0.15) is 16.1 Å². The molecule has 0 saturated heterocycles. The number of aliphatic hydroxyl groups excluding tert-OH is 1. The van der Waals surface area contributed by atoms with Gasteiger partial charge >= 0.3 is 0 Å². The minimum Gasteiger partial charge on any atom is -0.396 e. The molecule has 2 rings (SSSR count). The van der Waals surface area contributed by atoms with Crippen LogP contribution in [0.4, 0.5) is 0 Å². The molecule has 0 unspecified atom stereocenters. The molecule has 1 aromatic heterocycles. The van der Waals surface area contributed by atoms with Crippen LogP contribution < -0.4 is 5.73 Å². The normalized spacial score (nSPS) is 10.3. The Labute approximate surface area is 105 Å². The fourth-order valence-corrected chi connectivity index (χ4v) is 1.93. The monoisotopic (exact) mass is 242 g/mol. The number of nitrogens with zero attached hydrogens (tertiary/aromatic N) is 1. The minimum atomic E-state index is -0.523. The summed E-state index contributed by atoms with van der Waals surface area (Å²) in [4.78, 5) is 15.7. The highest BCUT2D eigenvalue weighted by molar-refractivity contribution is 6.00. The number of aliphatic hydroxyl groups is 1. The average Bonchev–Trinajstić information content (AvgIpc) is 2.39. The second kappa shape index (κ2) is 5.42. The first-order chi connectivity index (χ1) is 8.74. The largest absolute Gasteiger partial charge is 0.396 e. The maximum absolute atomic E-state index is 11.6. The van der Waals surface area contributed by atoms with Gasteiger partial charge in [-0.15, -0.1) is 0 Å². The van der Waals surface area contributed by atoms with Gasteiger partial charge in [0.05, 0.1) is 11.3 Å². The molecule has 0 fully saturated rings. The Morgan fingerprint density at radius 1 is 1.22 bits per heavy atom. The van der Waals surface area contributed by atoms with E-state index in [9.17, 15) is 4.79 Å². The van der Waals surface area contributed by atoms with Gasteiger partial charge in [0.2, 0.25) is 0 Å². The van der Waals surface area contributed by atoms with Gasteiger partial charge in [0.15, 0.2) is 0 Å². The number of nitrogens with two attached hydrogens (primary N) is 1. The molecule has 0 aliphatic heterocycles. The Hall–Kier alpha value is -2.20. The first-order valence-corrected chi connectivity index (χ1v) is 5.68. The molecule has 0 spiro atoms. The standard InChI is InChI=1S/C14H14N2O2/c15-14(18)13-11(10-4-2-1-3-5-10)6-8-16-12(13)7-9-17/h1-6,8,17H,7,9H2,(H2,15,18). The van der Waals surface area contributed by atoms with Gasteiger partial charge < -0.3 is 10.8 Å². The van der Waals surface area contributed by atoms with Crippen molar-refractivity contribution in [2.75, 3.05) is 6.61 Å². The number of pyridine rings is 1. The number of benzene rings is 1. The molecule has 1 aromatic carbocycles. The molecule has 92 valence electrons. The molecule has 0 bridgehead atoms. The zero-order valence-electron chi connectivity index (χ0n) is 9.84. The molecule has 0 aliphatic carbocycles. The topological polar surface area (TPSA) is 76.2 Å². The van der Waals surface area contributed by atoms with E-state index in [1.54, 1.807) is 12.3 Å². The molecule has 0 aliphatic rings. The van der Waals surface area contributed by atoms with Crippen LogP contribution in [-0.4, -0.2) is 22.6 Å². The molecule has 1 heterocycles. The minimum absolute atomic E-state index is 0.0640. The number of hydrogen-bond acceptors (Lipinski definition) is 3. The molecule has 0 radical (unpaired) electrons. The Morgan fingerprint density at radius 2 is 1.94 bits per heavy atom. The van der Waals surface area contributed by atoms with Crippen LogP contribution in [0.25, 0.3) is 11.1 Å². The molecular weight excluding hydrogens is 228 g/mol. The van der Waals surface area contributed by atoms with E-state index in [0.29, 0.717) is 17.7 Å². The highest BCUT2D eigenvalue weighted by Gasteiger charge is 2.15. The van der Waals surface area contributed by atoms with E-state index in [0.717, 1.165) is 11.1 Å². The number of aromatic nitrogens is 1. The second-order valence-corrected chi connectivity index (χ2v) is 3.88. The zero-order valence-corrected chi connectivity index (χ0v) is 9.84. The average molecular weight is 242 g/mol. The molecule has 4 nitrogen and oxygen atoms in total. The molecule has 4 heteroatoms. The summed E-state index contributed by atoms with van der Waals surface area (Å²) >= 11 is 0. The van der Waals surface area contributed by atoms with Gasteiger partial charge in [-0.3, -0.25) is 9.78 Å². The van der Waals surface area contributed by atoms with Crippen LogP contribution in [0.3, 0.4) is 0 Å². The Kier molecular flexibility index (Phi) is 3.69. The summed E-state index contributed by atoms with van der Waals surface area (Å²) in [7, 11) is 0. The van der Waals surface area contributed by atoms with E-state index in [-0.39, 0.29) is 6.61 Å². The number of rotatable bonds is 4. The smallest absolute Gasteiger partial charge is 0.251 e. The van der Waals surface area contributed by atoms with Crippen LogP contribution in [0.5, 0.6) is 0 Å². The van der Waals surface area contributed by atoms with Gasteiger partial charge in [-0.1, -0.05) is 30.3 Å². The van der Waals surface area contributed by atoms with Crippen molar-refractivity contribution >= 4 is 5.91 Å². The quantitative estimate of drug-likeness (QED) is 0.850. The number of primary amides is 1. The molecule has 2 aromatic rings. The van der Waals surface area contributed by atoms with Crippen LogP contribution >= 0.6 is 0 Å². The number of carbonyl (C=O) groups excluding carboxylic acids is 1. The van der Waals surface area contributed by atoms with Gasteiger partial charge in [0.1, 0.15) is 0 Å².